The van der Waals surface area contributed by atoms with E-state index < -0.39 is 52.2 Å². The van der Waals surface area contributed by atoms with Crippen LogP contribution in [0.4, 0.5) is 5.82 Å². The van der Waals surface area contributed by atoms with Crippen molar-refractivity contribution >= 4 is 44.8 Å². The van der Waals surface area contributed by atoms with Gasteiger partial charge in [0.05, 0.1) is 19.6 Å². The van der Waals surface area contributed by atoms with E-state index >= 15 is 0 Å². The van der Waals surface area contributed by atoms with Crippen LogP contribution in [0.25, 0.3) is 11.2 Å². The van der Waals surface area contributed by atoms with E-state index in [2.05, 4.69) is 19.7 Å². The summed E-state index contributed by atoms with van der Waals surface area (Å²) in [4.78, 5) is 58.6. The molecule has 0 aliphatic rings. The molecule has 13 nitrogen and oxygen atoms in total. The first kappa shape index (κ1) is 23.7. The summed E-state index contributed by atoms with van der Waals surface area (Å²) < 4.78 is 39.5. The van der Waals surface area contributed by atoms with Gasteiger partial charge in [-0.3, -0.25) is 23.5 Å². The van der Waals surface area contributed by atoms with Crippen molar-refractivity contribution in [3.8, 4) is 0 Å². The lowest BCUT2D eigenvalue weighted by molar-refractivity contribution is -0.148. The van der Waals surface area contributed by atoms with Crippen LogP contribution in [0.1, 0.15) is 24.7 Å². The number of hydrogen-bond donors (Lipinski definition) is 3. The normalized spacial score (nSPS) is 11.3. The number of hydrogen-bond acceptors (Lipinski definition) is 9. The molecular formula is C19H19N5O8S. The summed E-state index contributed by atoms with van der Waals surface area (Å²) in [6.45, 7) is 1.64. The maximum Gasteiger partial charge on any atom is 0.358 e. The molecule has 0 atom stereocenters. The average Bonchev–Trinajstić information content (AvgIpc) is 3.03. The predicted octanol–water partition coefficient (Wildman–Crippen LogP) is 0.0165. The van der Waals surface area contributed by atoms with E-state index in [4.69, 9.17) is 0 Å². The smallest absolute Gasteiger partial charge is 0.358 e. The fraction of sp³-hybridized carbons (Fsp3) is 0.263. The van der Waals surface area contributed by atoms with Crippen molar-refractivity contribution in [3.63, 3.8) is 0 Å². The summed E-state index contributed by atoms with van der Waals surface area (Å²) >= 11 is 0. The quantitative estimate of drug-likeness (QED) is 0.155. The number of benzene rings is 1. The molecule has 0 radical (unpaired) electrons. The first-order valence-electron chi connectivity index (χ1n) is 9.57. The summed E-state index contributed by atoms with van der Waals surface area (Å²) in [6.07, 6.45) is -1.45. The number of ketones is 2. The highest BCUT2D eigenvalue weighted by molar-refractivity contribution is 7.87. The van der Waals surface area contributed by atoms with E-state index in [9.17, 15) is 32.1 Å². The van der Waals surface area contributed by atoms with Crippen LogP contribution < -0.4 is 10.4 Å². The molecule has 3 rings (SSSR count). The maximum absolute atomic E-state index is 12.5. The number of nitrogens with one attached hydrogen (secondary N) is 2. The largest absolute Gasteiger partial charge is 0.466 e. The summed E-state index contributed by atoms with van der Waals surface area (Å²) in [6, 6.07) is 8.81. The topological polar surface area (TPSA) is 190 Å². The number of H-pyrrole nitrogens is 1. The molecule has 0 amide bonds. The molecule has 0 bridgehead atoms. The molecule has 1 aromatic carbocycles. The lowest BCUT2D eigenvalue weighted by Crippen LogP contribution is -2.23. The van der Waals surface area contributed by atoms with Gasteiger partial charge in [-0.15, -0.1) is 0 Å². The molecule has 0 aliphatic heterocycles. The second-order valence-electron chi connectivity index (χ2n) is 6.77. The highest BCUT2D eigenvalue weighted by Gasteiger charge is 2.23. The number of esters is 1. The summed E-state index contributed by atoms with van der Waals surface area (Å²) in [5.74, 6) is -3.74. The molecule has 174 valence electrons. The van der Waals surface area contributed by atoms with E-state index in [0.29, 0.717) is 0 Å². The molecule has 2 aromatic heterocycles. The number of ether oxygens (including phenoxy) is 1. The molecule has 0 spiro atoms. The SMILES string of the molecule is CCOC(=O)CC(=O)C(=O)Cc1nc(NS(=O)(=O)O)c2[nH]c(=O)n(Cc3ccccc3)c2n1. The minimum absolute atomic E-state index is 0.0389. The second-order valence-corrected chi connectivity index (χ2v) is 7.93. The molecule has 0 saturated carbocycles. The molecule has 0 aliphatic carbocycles. The molecule has 0 saturated heterocycles. The molecule has 0 unspecified atom stereocenters. The van der Waals surface area contributed by atoms with Crippen molar-refractivity contribution in [1.82, 2.24) is 19.5 Å². The van der Waals surface area contributed by atoms with Gasteiger partial charge >= 0.3 is 22.0 Å². The van der Waals surface area contributed by atoms with Gasteiger partial charge in [0.1, 0.15) is 17.8 Å². The Bertz CT molecular complexity index is 1380. The van der Waals surface area contributed by atoms with Gasteiger partial charge in [0.2, 0.25) is 11.6 Å². The Labute approximate surface area is 186 Å². The number of Topliss-reactive ketones (excluding diaryl/α,β-unsaturated/α-hetero) is 2. The molecule has 0 fully saturated rings. The number of imidazole rings is 1. The van der Waals surface area contributed by atoms with Gasteiger partial charge in [0.25, 0.3) is 0 Å². The number of aromatic nitrogens is 4. The van der Waals surface area contributed by atoms with Crippen molar-refractivity contribution in [2.75, 3.05) is 11.3 Å². The number of carbonyl (C=O) groups excluding carboxylic acids is 3. The van der Waals surface area contributed by atoms with E-state index in [1.165, 1.54) is 4.57 Å². The molecule has 3 aromatic rings. The molecular weight excluding hydrogens is 458 g/mol. The average molecular weight is 477 g/mol. The van der Waals surface area contributed by atoms with Crippen molar-refractivity contribution in [3.05, 3.63) is 52.2 Å². The van der Waals surface area contributed by atoms with Crippen LogP contribution in [0.15, 0.2) is 35.1 Å². The Balaban J connectivity index is 2.01. The third kappa shape index (κ3) is 6.08. The number of nitrogens with zero attached hydrogens (tertiary/aromatic N) is 3. The zero-order valence-electron chi connectivity index (χ0n) is 17.3. The summed E-state index contributed by atoms with van der Waals surface area (Å²) in [5.41, 5.74) is -0.123. The number of carbonyl (C=O) groups is 3. The van der Waals surface area contributed by atoms with Gasteiger partial charge in [-0.05, 0) is 12.5 Å². The molecule has 33 heavy (non-hydrogen) atoms. The third-order valence-corrected chi connectivity index (χ3v) is 4.77. The molecule has 2 heterocycles. The van der Waals surface area contributed by atoms with Crippen molar-refractivity contribution in [2.45, 2.75) is 26.3 Å². The third-order valence-electron chi connectivity index (χ3n) is 4.32. The van der Waals surface area contributed by atoms with Crippen LogP contribution in [0.2, 0.25) is 0 Å². The van der Waals surface area contributed by atoms with Crippen LogP contribution in [-0.4, -0.2) is 56.6 Å². The number of fused-ring (bicyclic) bond motifs is 1. The molecule has 14 heteroatoms. The van der Waals surface area contributed by atoms with E-state index in [1.807, 2.05) is 0 Å². The number of rotatable bonds is 10. The Morgan fingerprint density at radius 1 is 1.15 bits per heavy atom. The van der Waals surface area contributed by atoms with Gasteiger partial charge in [-0.2, -0.15) is 8.42 Å². The van der Waals surface area contributed by atoms with Crippen LogP contribution >= 0.6 is 0 Å². The van der Waals surface area contributed by atoms with Crippen LogP contribution in [0.5, 0.6) is 0 Å². The zero-order chi connectivity index (χ0) is 24.2. The lowest BCUT2D eigenvalue weighted by atomic mass is 10.1. The zero-order valence-corrected chi connectivity index (χ0v) is 18.1. The maximum atomic E-state index is 12.5. The minimum Gasteiger partial charge on any atom is -0.466 e. The van der Waals surface area contributed by atoms with Crippen LogP contribution in [0, 0.1) is 0 Å². The minimum atomic E-state index is -4.80. The second kappa shape index (κ2) is 9.70. The Kier molecular flexibility index (Phi) is 6.98. The highest BCUT2D eigenvalue weighted by atomic mass is 32.2. The van der Waals surface area contributed by atoms with E-state index in [-0.39, 0.29) is 30.1 Å². The van der Waals surface area contributed by atoms with Gasteiger partial charge in [-0.1, -0.05) is 30.3 Å². The standard InChI is InChI=1S/C19H19N5O8S/c1-2-32-15(27)9-13(26)12(25)8-14-20-17(23-33(29,30)31)16-18(21-14)24(19(28)22-16)10-11-6-4-3-5-7-11/h3-7H,2,8-10H2,1H3,(H,22,28)(H,20,21,23)(H,29,30,31). The van der Waals surface area contributed by atoms with E-state index in [0.717, 1.165) is 5.56 Å². The first-order chi connectivity index (χ1) is 15.6. The fourth-order valence-electron chi connectivity index (χ4n) is 2.95. The summed E-state index contributed by atoms with van der Waals surface area (Å²) in [5, 5.41) is 0. The van der Waals surface area contributed by atoms with Gasteiger partial charge in [-0.25, -0.2) is 19.5 Å². The van der Waals surface area contributed by atoms with E-state index in [1.54, 1.807) is 42.0 Å². The Morgan fingerprint density at radius 3 is 2.48 bits per heavy atom. The van der Waals surface area contributed by atoms with Gasteiger partial charge < -0.3 is 9.72 Å². The van der Waals surface area contributed by atoms with Crippen molar-refractivity contribution in [2.24, 2.45) is 0 Å². The Morgan fingerprint density at radius 2 is 1.85 bits per heavy atom. The van der Waals surface area contributed by atoms with Crippen LogP contribution in [0.3, 0.4) is 0 Å². The summed E-state index contributed by atoms with van der Waals surface area (Å²) in [7, 11) is -4.80. The highest BCUT2D eigenvalue weighted by Crippen LogP contribution is 2.19. The first-order valence-corrected chi connectivity index (χ1v) is 11.0. The molecule has 3 N–H and O–H groups in total. The predicted molar refractivity (Wildman–Crippen MR) is 114 cm³/mol. The van der Waals surface area contributed by atoms with Crippen molar-refractivity contribution in [1.29, 1.82) is 0 Å². The number of anilines is 1. The Hall–Kier alpha value is -3.91. The fourth-order valence-corrected chi connectivity index (χ4v) is 3.34. The van der Waals surface area contributed by atoms with Gasteiger partial charge in [0.15, 0.2) is 11.5 Å². The van der Waals surface area contributed by atoms with Gasteiger partial charge in [0, 0.05) is 0 Å². The number of aromatic amines is 1. The van der Waals surface area contributed by atoms with Crippen molar-refractivity contribution < 1.29 is 32.1 Å². The van der Waals surface area contributed by atoms with Crippen LogP contribution in [-0.2, 0) is 42.4 Å². The monoisotopic (exact) mass is 477 g/mol. The lowest BCUT2D eigenvalue weighted by Gasteiger charge is -2.08.